The van der Waals surface area contributed by atoms with E-state index in [2.05, 4.69) is 36.2 Å². The van der Waals surface area contributed by atoms with Crippen LogP contribution < -0.4 is 5.32 Å². The molecule has 0 spiro atoms. The molecule has 0 bridgehead atoms. The lowest BCUT2D eigenvalue weighted by Crippen LogP contribution is -2.38. The molecule has 5 heteroatoms. The summed E-state index contributed by atoms with van der Waals surface area (Å²) < 4.78 is 11.2. The van der Waals surface area contributed by atoms with E-state index in [4.69, 9.17) is 9.26 Å². The number of methoxy groups -OCH3 is 1. The molecule has 0 atom stereocenters. The third kappa shape index (κ3) is 2.54. The molecule has 0 unspecified atom stereocenters. The third-order valence-electron chi connectivity index (χ3n) is 4.59. The molecule has 1 N–H and O–H groups in total. The predicted octanol–water partition coefficient (Wildman–Crippen LogP) is 2.37. The molecule has 2 heterocycles. The van der Waals surface area contributed by atoms with Gasteiger partial charge in [-0.25, -0.2) is 0 Å². The Balaban J connectivity index is 2.27. The largest absolute Gasteiger partial charge is 0.370 e. The molecule has 0 aromatic carbocycles. The van der Waals surface area contributed by atoms with Crippen molar-refractivity contribution in [2.24, 2.45) is 0 Å². The fraction of sp³-hybridized carbons (Fsp3) is 0.857. The van der Waals surface area contributed by atoms with Gasteiger partial charge in [-0.15, -0.1) is 0 Å². The first-order valence-electron chi connectivity index (χ1n) is 7.21. The van der Waals surface area contributed by atoms with Crippen LogP contribution in [0.1, 0.15) is 58.2 Å². The van der Waals surface area contributed by atoms with Gasteiger partial charge in [0.05, 0.1) is 0 Å². The van der Waals surface area contributed by atoms with Crippen molar-refractivity contribution >= 4 is 0 Å². The van der Waals surface area contributed by atoms with E-state index >= 15 is 0 Å². The fourth-order valence-corrected chi connectivity index (χ4v) is 2.79. The van der Waals surface area contributed by atoms with E-state index in [9.17, 15) is 0 Å². The second-order valence-corrected chi connectivity index (χ2v) is 5.64. The van der Waals surface area contributed by atoms with Crippen LogP contribution in [-0.4, -0.2) is 30.3 Å². The van der Waals surface area contributed by atoms with Crippen molar-refractivity contribution in [3.8, 4) is 0 Å². The molecular formula is C14H25N3O2. The molecule has 0 aliphatic carbocycles. The van der Waals surface area contributed by atoms with Crippen molar-refractivity contribution in [1.29, 1.82) is 0 Å². The van der Waals surface area contributed by atoms with Gasteiger partial charge in [-0.3, -0.25) is 0 Å². The highest BCUT2D eigenvalue weighted by atomic mass is 16.5. The summed E-state index contributed by atoms with van der Waals surface area (Å²) in [6.07, 6.45) is 3.76. The van der Waals surface area contributed by atoms with Crippen molar-refractivity contribution in [2.45, 2.75) is 57.5 Å². The molecule has 1 aromatic heterocycles. The number of hydrogen-bond donors (Lipinski definition) is 1. The van der Waals surface area contributed by atoms with Gasteiger partial charge in [-0.2, -0.15) is 4.98 Å². The lowest BCUT2D eigenvalue weighted by molar-refractivity contribution is -0.0306. The summed E-state index contributed by atoms with van der Waals surface area (Å²) in [7, 11) is 1.72. The average Bonchev–Trinajstić information content (AvgIpc) is 2.93. The molecule has 19 heavy (non-hydrogen) atoms. The van der Waals surface area contributed by atoms with Gasteiger partial charge in [0, 0.05) is 12.5 Å². The molecule has 0 amide bonds. The zero-order valence-electron chi connectivity index (χ0n) is 12.5. The van der Waals surface area contributed by atoms with Crippen LogP contribution in [0, 0.1) is 0 Å². The van der Waals surface area contributed by atoms with Crippen LogP contribution in [-0.2, 0) is 15.8 Å². The first-order valence-corrected chi connectivity index (χ1v) is 7.21. The molecular weight excluding hydrogens is 242 g/mol. The summed E-state index contributed by atoms with van der Waals surface area (Å²) in [6, 6.07) is 0. The maximum absolute atomic E-state index is 5.66. The molecule has 1 aromatic rings. The maximum Gasteiger partial charge on any atom is 0.232 e. The Hall–Kier alpha value is -0.940. The normalized spacial score (nSPS) is 19.6. The van der Waals surface area contributed by atoms with Crippen molar-refractivity contribution in [1.82, 2.24) is 15.5 Å². The Morgan fingerprint density at radius 3 is 2.47 bits per heavy atom. The van der Waals surface area contributed by atoms with Crippen LogP contribution >= 0.6 is 0 Å². The van der Waals surface area contributed by atoms with Gasteiger partial charge >= 0.3 is 0 Å². The molecule has 108 valence electrons. The summed E-state index contributed by atoms with van der Waals surface area (Å²) in [5.41, 5.74) is -0.414. The second kappa shape index (κ2) is 5.59. The Labute approximate surface area is 115 Å². The molecule has 1 aliphatic heterocycles. The van der Waals surface area contributed by atoms with E-state index in [0.29, 0.717) is 5.82 Å². The van der Waals surface area contributed by atoms with Crippen molar-refractivity contribution < 1.29 is 9.26 Å². The highest BCUT2D eigenvalue weighted by molar-refractivity contribution is 5.09. The minimum absolute atomic E-state index is 0.00252. The number of nitrogens with zero attached hydrogens (tertiary/aromatic N) is 2. The van der Waals surface area contributed by atoms with Crippen molar-refractivity contribution in [2.75, 3.05) is 20.2 Å². The van der Waals surface area contributed by atoms with Gasteiger partial charge in [0.1, 0.15) is 5.60 Å². The average molecular weight is 267 g/mol. The SMILES string of the molecule is CCC(CC)(OC)c1noc(C2(C)CCNCC2)n1. The number of nitrogens with one attached hydrogen (secondary N) is 1. The van der Waals surface area contributed by atoms with Gasteiger partial charge in [0.2, 0.25) is 11.7 Å². The summed E-state index contributed by atoms with van der Waals surface area (Å²) in [5, 5.41) is 7.56. The first-order chi connectivity index (χ1) is 9.10. The van der Waals surface area contributed by atoms with E-state index in [1.54, 1.807) is 7.11 Å². The summed E-state index contributed by atoms with van der Waals surface area (Å²) >= 11 is 0. The van der Waals surface area contributed by atoms with Crippen LogP contribution in [0.3, 0.4) is 0 Å². The number of ether oxygens (including phenoxy) is 1. The van der Waals surface area contributed by atoms with Gasteiger partial charge in [-0.05, 0) is 38.8 Å². The van der Waals surface area contributed by atoms with E-state index in [0.717, 1.165) is 44.7 Å². The van der Waals surface area contributed by atoms with Crippen LogP contribution in [0.5, 0.6) is 0 Å². The van der Waals surface area contributed by atoms with Crippen molar-refractivity contribution in [3.63, 3.8) is 0 Å². The lowest BCUT2D eigenvalue weighted by Gasteiger charge is -2.30. The lowest BCUT2D eigenvalue weighted by atomic mass is 9.81. The number of hydrogen-bond acceptors (Lipinski definition) is 5. The topological polar surface area (TPSA) is 60.2 Å². The van der Waals surface area contributed by atoms with Crippen LogP contribution in [0.2, 0.25) is 0 Å². The Morgan fingerprint density at radius 2 is 1.95 bits per heavy atom. The Kier molecular flexibility index (Phi) is 4.26. The molecule has 0 radical (unpaired) electrons. The standard InChI is InChI=1S/C14H25N3O2/c1-5-14(6-2,18-4)11-16-12(19-17-11)13(3)7-9-15-10-8-13/h15H,5-10H2,1-4H3. The first kappa shape index (κ1) is 14.5. The van der Waals surface area contributed by atoms with Crippen LogP contribution in [0.25, 0.3) is 0 Å². The molecule has 5 nitrogen and oxygen atoms in total. The minimum Gasteiger partial charge on any atom is -0.370 e. The maximum atomic E-state index is 5.66. The predicted molar refractivity (Wildman–Crippen MR) is 73.0 cm³/mol. The number of piperidine rings is 1. The molecule has 1 saturated heterocycles. The smallest absolute Gasteiger partial charge is 0.232 e. The van der Waals surface area contributed by atoms with E-state index in [-0.39, 0.29) is 5.41 Å². The van der Waals surface area contributed by atoms with Gasteiger partial charge < -0.3 is 14.6 Å². The Morgan fingerprint density at radius 1 is 1.32 bits per heavy atom. The summed E-state index contributed by atoms with van der Waals surface area (Å²) in [6.45, 7) is 8.40. The summed E-state index contributed by atoms with van der Waals surface area (Å²) in [5.74, 6) is 1.45. The highest BCUT2D eigenvalue weighted by Gasteiger charge is 2.39. The molecule has 1 aliphatic rings. The molecule has 0 saturated carbocycles. The zero-order chi connectivity index (χ0) is 13.9. The van der Waals surface area contributed by atoms with Gasteiger partial charge in [0.15, 0.2) is 0 Å². The summed E-state index contributed by atoms with van der Waals surface area (Å²) in [4.78, 5) is 4.66. The minimum atomic E-state index is -0.412. The zero-order valence-corrected chi connectivity index (χ0v) is 12.5. The van der Waals surface area contributed by atoms with Gasteiger partial charge in [-0.1, -0.05) is 25.9 Å². The quantitative estimate of drug-likeness (QED) is 0.887. The fourth-order valence-electron chi connectivity index (χ4n) is 2.79. The molecule has 2 rings (SSSR count). The monoisotopic (exact) mass is 267 g/mol. The highest BCUT2D eigenvalue weighted by Crippen LogP contribution is 2.35. The van der Waals surface area contributed by atoms with Crippen molar-refractivity contribution in [3.05, 3.63) is 11.7 Å². The number of aromatic nitrogens is 2. The van der Waals surface area contributed by atoms with E-state index < -0.39 is 5.60 Å². The van der Waals surface area contributed by atoms with E-state index in [1.807, 2.05) is 0 Å². The van der Waals surface area contributed by atoms with Gasteiger partial charge in [0.25, 0.3) is 0 Å². The Bertz CT molecular complexity index is 398. The third-order valence-corrected chi connectivity index (χ3v) is 4.59. The number of rotatable bonds is 5. The second-order valence-electron chi connectivity index (χ2n) is 5.64. The molecule has 1 fully saturated rings. The van der Waals surface area contributed by atoms with Crippen LogP contribution in [0.15, 0.2) is 4.52 Å². The van der Waals surface area contributed by atoms with Crippen LogP contribution in [0.4, 0.5) is 0 Å². The van der Waals surface area contributed by atoms with E-state index in [1.165, 1.54) is 0 Å².